The van der Waals surface area contributed by atoms with Crippen molar-refractivity contribution in [2.45, 2.75) is 4.90 Å². The van der Waals surface area contributed by atoms with Gasteiger partial charge in [-0.2, -0.15) is 0 Å². The van der Waals surface area contributed by atoms with E-state index in [2.05, 4.69) is 10.3 Å². The van der Waals surface area contributed by atoms with Crippen LogP contribution < -0.4 is 5.32 Å². The van der Waals surface area contributed by atoms with Crippen LogP contribution in [0.25, 0.3) is 5.65 Å². The number of nitrogens with zero attached hydrogens (tertiary/aromatic N) is 3. The van der Waals surface area contributed by atoms with Crippen molar-refractivity contribution in [3.63, 3.8) is 0 Å². The minimum absolute atomic E-state index is 0.199. The van der Waals surface area contributed by atoms with Crippen molar-refractivity contribution >= 4 is 56.2 Å². The van der Waals surface area contributed by atoms with Crippen LogP contribution in [-0.2, 0) is 10.0 Å². The Bertz CT molecular complexity index is 1410. The Morgan fingerprint density at radius 1 is 0.969 bits per heavy atom. The molecule has 2 heterocycles. The summed E-state index contributed by atoms with van der Waals surface area (Å²) in [6, 6.07) is 14.7. The summed E-state index contributed by atoms with van der Waals surface area (Å²) in [5, 5.41) is 3.71. The molecule has 2 aromatic carbocycles. The SMILES string of the molecule is CN(C)S(=O)(=O)c1ccc(Nc2cn3cc(C(=O)c4c(Cl)cccc4Cl)ccc3n2)cc1. The van der Waals surface area contributed by atoms with Crippen LogP contribution >= 0.6 is 23.2 Å². The van der Waals surface area contributed by atoms with Crippen LogP contribution in [0.5, 0.6) is 0 Å². The van der Waals surface area contributed by atoms with Gasteiger partial charge in [-0.3, -0.25) is 4.79 Å². The summed E-state index contributed by atoms with van der Waals surface area (Å²) in [5.41, 5.74) is 1.96. The second kappa shape index (κ2) is 8.55. The van der Waals surface area contributed by atoms with Gasteiger partial charge in [0.25, 0.3) is 0 Å². The highest BCUT2D eigenvalue weighted by Crippen LogP contribution is 2.27. The summed E-state index contributed by atoms with van der Waals surface area (Å²) in [5.74, 6) is 0.247. The van der Waals surface area contributed by atoms with E-state index in [-0.39, 0.29) is 26.3 Å². The number of fused-ring (bicyclic) bond motifs is 1. The van der Waals surface area contributed by atoms with E-state index in [1.54, 1.807) is 59.3 Å². The number of aromatic nitrogens is 2. The zero-order chi connectivity index (χ0) is 23.0. The van der Waals surface area contributed by atoms with Gasteiger partial charge in [0.05, 0.1) is 26.7 Å². The molecule has 0 bridgehead atoms. The average molecular weight is 489 g/mol. The lowest BCUT2D eigenvalue weighted by Gasteiger charge is -2.11. The second-order valence-corrected chi connectivity index (χ2v) is 10.1. The highest BCUT2D eigenvalue weighted by molar-refractivity contribution is 7.89. The number of anilines is 2. The Hall–Kier alpha value is -2.91. The maximum atomic E-state index is 12.9. The molecular weight excluding hydrogens is 471 g/mol. The number of sulfonamides is 1. The lowest BCUT2D eigenvalue weighted by atomic mass is 10.0. The van der Waals surface area contributed by atoms with Gasteiger partial charge in [0.1, 0.15) is 11.5 Å². The van der Waals surface area contributed by atoms with Crippen molar-refractivity contribution in [2.24, 2.45) is 0 Å². The molecular formula is C22H18Cl2N4O3S. The van der Waals surface area contributed by atoms with E-state index in [1.807, 2.05) is 0 Å². The van der Waals surface area contributed by atoms with Crippen LogP contribution in [0, 0.1) is 0 Å². The minimum Gasteiger partial charge on any atom is -0.339 e. The number of carbonyl (C=O) groups is 1. The molecule has 0 amide bonds. The van der Waals surface area contributed by atoms with Gasteiger partial charge in [-0.1, -0.05) is 29.3 Å². The summed E-state index contributed by atoms with van der Waals surface area (Å²) in [6.07, 6.45) is 3.38. The molecule has 164 valence electrons. The molecule has 0 aliphatic heterocycles. The number of hydrogen-bond acceptors (Lipinski definition) is 5. The molecule has 10 heteroatoms. The molecule has 0 fully saturated rings. The predicted molar refractivity (Wildman–Crippen MR) is 126 cm³/mol. The zero-order valence-corrected chi connectivity index (χ0v) is 19.4. The third kappa shape index (κ3) is 4.22. The third-order valence-electron chi connectivity index (χ3n) is 4.81. The van der Waals surface area contributed by atoms with Crippen LogP contribution in [0.15, 0.2) is 71.9 Å². The first kappa shape index (κ1) is 22.3. The zero-order valence-electron chi connectivity index (χ0n) is 17.1. The first-order chi connectivity index (χ1) is 15.2. The fourth-order valence-corrected chi connectivity index (χ4v) is 4.59. The number of pyridine rings is 1. The molecule has 0 unspecified atom stereocenters. The number of imidazole rings is 1. The van der Waals surface area contributed by atoms with Gasteiger partial charge in [0, 0.05) is 31.5 Å². The fourth-order valence-electron chi connectivity index (χ4n) is 3.11. The standard InChI is InChI=1S/C22H18Cl2N4O3S/c1-27(2)32(30,31)16-9-7-15(8-10-16)25-19-13-28-12-14(6-11-20(28)26-19)22(29)21-17(23)4-3-5-18(21)24/h3-13,25H,1-2H3. The number of benzene rings is 2. The monoisotopic (exact) mass is 488 g/mol. The van der Waals surface area contributed by atoms with E-state index in [9.17, 15) is 13.2 Å². The number of hydrogen-bond donors (Lipinski definition) is 1. The van der Waals surface area contributed by atoms with Crippen molar-refractivity contribution < 1.29 is 13.2 Å². The van der Waals surface area contributed by atoms with Gasteiger partial charge in [0.2, 0.25) is 10.0 Å². The molecule has 32 heavy (non-hydrogen) atoms. The normalized spacial score (nSPS) is 11.8. The number of carbonyl (C=O) groups excluding carboxylic acids is 1. The van der Waals surface area contributed by atoms with Crippen LogP contribution in [0.3, 0.4) is 0 Å². The quantitative estimate of drug-likeness (QED) is 0.391. The fraction of sp³-hybridized carbons (Fsp3) is 0.0909. The van der Waals surface area contributed by atoms with Gasteiger partial charge in [-0.05, 0) is 48.5 Å². The number of ketones is 1. The van der Waals surface area contributed by atoms with Crippen molar-refractivity contribution in [2.75, 3.05) is 19.4 Å². The highest BCUT2D eigenvalue weighted by atomic mass is 35.5. The summed E-state index contributed by atoms with van der Waals surface area (Å²) < 4.78 is 27.3. The Morgan fingerprint density at radius 2 is 1.62 bits per heavy atom. The van der Waals surface area contributed by atoms with Crippen LogP contribution in [0.4, 0.5) is 11.5 Å². The molecule has 0 aliphatic carbocycles. The number of halogens is 2. The first-order valence-electron chi connectivity index (χ1n) is 9.44. The van der Waals surface area contributed by atoms with Crippen molar-refractivity contribution in [1.29, 1.82) is 0 Å². The van der Waals surface area contributed by atoms with Crippen molar-refractivity contribution in [3.05, 3.63) is 88.2 Å². The molecule has 4 aromatic rings. The second-order valence-electron chi connectivity index (χ2n) is 7.17. The van der Waals surface area contributed by atoms with Crippen molar-refractivity contribution in [3.8, 4) is 0 Å². The van der Waals surface area contributed by atoms with Gasteiger partial charge in [-0.15, -0.1) is 0 Å². The Morgan fingerprint density at radius 3 is 2.25 bits per heavy atom. The molecule has 7 nitrogen and oxygen atoms in total. The van der Waals surface area contributed by atoms with Gasteiger partial charge in [-0.25, -0.2) is 17.7 Å². The predicted octanol–water partition coefficient (Wildman–Crippen LogP) is 4.87. The Balaban J connectivity index is 1.59. The molecule has 0 atom stereocenters. The van der Waals surface area contributed by atoms with E-state index in [0.29, 0.717) is 22.7 Å². The topological polar surface area (TPSA) is 83.8 Å². The Labute approximate surface area is 195 Å². The molecule has 1 N–H and O–H groups in total. The van der Waals surface area contributed by atoms with Crippen molar-refractivity contribution in [1.82, 2.24) is 13.7 Å². The highest BCUT2D eigenvalue weighted by Gasteiger charge is 2.18. The maximum Gasteiger partial charge on any atom is 0.242 e. The van der Waals surface area contributed by atoms with E-state index in [0.717, 1.165) is 4.31 Å². The van der Waals surface area contributed by atoms with Gasteiger partial charge >= 0.3 is 0 Å². The number of rotatable bonds is 6. The molecule has 0 aliphatic rings. The van der Waals surface area contributed by atoms with E-state index in [1.165, 1.54) is 26.2 Å². The van der Waals surface area contributed by atoms with Gasteiger partial charge < -0.3 is 9.72 Å². The summed E-state index contributed by atoms with van der Waals surface area (Å²) in [7, 11) is -0.528. The molecule has 4 rings (SSSR count). The van der Waals surface area contributed by atoms with Crippen LogP contribution in [0.2, 0.25) is 10.0 Å². The summed E-state index contributed by atoms with van der Waals surface area (Å²) in [4.78, 5) is 17.6. The number of nitrogens with one attached hydrogen (secondary N) is 1. The summed E-state index contributed by atoms with van der Waals surface area (Å²) >= 11 is 12.3. The van der Waals surface area contributed by atoms with Crippen LogP contribution in [-0.4, -0.2) is 42.0 Å². The molecule has 2 aromatic heterocycles. The molecule has 0 spiro atoms. The first-order valence-corrected chi connectivity index (χ1v) is 11.6. The largest absolute Gasteiger partial charge is 0.339 e. The lowest BCUT2D eigenvalue weighted by Crippen LogP contribution is -2.22. The molecule has 0 radical (unpaired) electrons. The van der Waals surface area contributed by atoms with E-state index >= 15 is 0 Å². The van der Waals surface area contributed by atoms with Crippen LogP contribution in [0.1, 0.15) is 15.9 Å². The smallest absolute Gasteiger partial charge is 0.242 e. The molecule has 0 saturated carbocycles. The maximum absolute atomic E-state index is 12.9. The molecule has 0 saturated heterocycles. The summed E-state index contributed by atoms with van der Waals surface area (Å²) in [6.45, 7) is 0. The van der Waals surface area contributed by atoms with Gasteiger partial charge in [0.15, 0.2) is 5.78 Å². The third-order valence-corrected chi connectivity index (χ3v) is 7.27. The average Bonchev–Trinajstić information content (AvgIpc) is 3.15. The Kier molecular flexibility index (Phi) is 5.96. The van der Waals surface area contributed by atoms with E-state index in [4.69, 9.17) is 23.2 Å². The lowest BCUT2D eigenvalue weighted by molar-refractivity contribution is 0.103. The minimum atomic E-state index is -3.49. The van der Waals surface area contributed by atoms with E-state index < -0.39 is 10.0 Å².